The standard InChI is InChI=1S/C39H57N7O6/c1-27(29-14-6-3-7-15-29)25-42-26-33(47)43-32(24-28-12-4-2-5-13-28)35(48)45-34(30-16-8-9-17-30)36(49)44-31(18-10-11-21-40)37(50)46-22-19-39(41,20-23-46)38(51)52/h2-7,12-15,27,30-32,34,42H,8-11,16-26,40-41H2,1H3,(H,43,47)(H,44,49)(H,45,48)(H,51,52). The summed E-state index contributed by atoms with van der Waals surface area (Å²) in [4.78, 5) is 68.3. The Morgan fingerprint density at radius 1 is 0.865 bits per heavy atom. The van der Waals surface area contributed by atoms with Crippen LogP contribution < -0.4 is 32.7 Å². The number of carboxylic acids is 1. The number of carboxylic acid groups (broad SMARTS) is 1. The van der Waals surface area contributed by atoms with Crippen molar-refractivity contribution < 1.29 is 29.1 Å². The summed E-state index contributed by atoms with van der Waals surface area (Å²) in [7, 11) is 0. The van der Waals surface area contributed by atoms with Crippen molar-refractivity contribution in [2.24, 2.45) is 17.4 Å². The largest absolute Gasteiger partial charge is 0.480 e. The molecule has 2 fully saturated rings. The molecule has 2 aromatic carbocycles. The summed E-state index contributed by atoms with van der Waals surface area (Å²) in [5.74, 6) is -2.63. The zero-order valence-corrected chi connectivity index (χ0v) is 30.4. The molecule has 13 nitrogen and oxygen atoms in total. The van der Waals surface area contributed by atoms with Crippen molar-refractivity contribution in [1.82, 2.24) is 26.2 Å². The molecule has 1 saturated heterocycles. The predicted molar refractivity (Wildman–Crippen MR) is 199 cm³/mol. The SMILES string of the molecule is CC(CNCC(=O)NC(Cc1ccccc1)C(=O)NC(C(=O)NC(CCCCN)C(=O)N1CCC(N)(C(=O)O)CC1)C1CCCC1)c1ccccc1. The van der Waals surface area contributed by atoms with Crippen LogP contribution in [-0.4, -0.2) is 96.0 Å². The lowest BCUT2D eigenvalue weighted by Gasteiger charge is -2.38. The molecule has 284 valence electrons. The molecule has 13 heteroatoms. The van der Waals surface area contributed by atoms with Crippen LogP contribution in [0, 0.1) is 5.92 Å². The summed E-state index contributed by atoms with van der Waals surface area (Å²) in [5, 5.41) is 21.6. The molecule has 0 aromatic heterocycles. The van der Waals surface area contributed by atoms with Crippen LogP contribution in [0.5, 0.6) is 0 Å². The predicted octanol–water partition coefficient (Wildman–Crippen LogP) is 1.80. The van der Waals surface area contributed by atoms with Gasteiger partial charge >= 0.3 is 5.97 Å². The van der Waals surface area contributed by atoms with Gasteiger partial charge in [0.05, 0.1) is 6.54 Å². The summed E-state index contributed by atoms with van der Waals surface area (Å²) >= 11 is 0. The molecule has 2 aromatic rings. The lowest BCUT2D eigenvalue weighted by atomic mass is 9.88. The number of hydrogen-bond acceptors (Lipinski definition) is 8. The lowest BCUT2D eigenvalue weighted by Crippen LogP contribution is -2.61. The van der Waals surface area contributed by atoms with Crippen LogP contribution in [-0.2, 0) is 30.4 Å². The van der Waals surface area contributed by atoms with Crippen molar-refractivity contribution in [3.8, 4) is 0 Å². The van der Waals surface area contributed by atoms with Gasteiger partial charge in [-0.1, -0.05) is 80.4 Å². The van der Waals surface area contributed by atoms with E-state index in [2.05, 4.69) is 28.2 Å². The highest BCUT2D eigenvalue weighted by atomic mass is 16.4. The number of aliphatic carboxylic acids is 1. The van der Waals surface area contributed by atoms with Crippen LogP contribution in [0.1, 0.15) is 81.8 Å². The maximum atomic E-state index is 14.1. The summed E-state index contributed by atoms with van der Waals surface area (Å²) in [6.07, 6.45) is 5.35. The Kier molecular flexibility index (Phi) is 15.6. The first-order chi connectivity index (χ1) is 25.0. The van der Waals surface area contributed by atoms with Gasteiger partial charge in [0.2, 0.25) is 23.6 Å². The molecule has 4 unspecified atom stereocenters. The molecule has 0 spiro atoms. The summed E-state index contributed by atoms with van der Waals surface area (Å²) in [6.45, 7) is 3.43. The third-order valence-corrected chi connectivity index (χ3v) is 10.4. The first kappa shape index (κ1) is 40.4. The highest BCUT2D eigenvalue weighted by molar-refractivity contribution is 5.95. The fourth-order valence-corrected chi connectivity index (χ4v) is 7.12. The molecular weight excluding hydrogens is 662 g/mol. The number of nitrogens with two attached hydrogens (primary N) is 2. The van der Waals surface area contributed by atoms with Crippen molar-refractivity contribution in [3.63, 3.8) is 0 Å². The van der Waals surface area contributed by atoms with Gasteiger partial charge in [0.25, 0.3) is 0 Å². The van der Waals surface area contributed by atoms with Gasteiger partial charge in [-0.05, 0) is 74.5 Å². The third-order valence-electron chi connectivity index (χ3n) is 10.4. The summed E-state index contributed by atoms with van der Waals surface area (Å²) in [6, 6.07) is 16.7. The molecule has 1 saturated carbocycles. The second-order valence-electron chi connectivity index (χ2n) is 14.4. The Bertz CT molecular complexity index is 1460. The normalized spacial score (nSPS) is 18.1. The Hall–Kier alpha value is -4.33. The number of unbranched alkanes of at least 4 members (excludes halogenated alkanes) is 1. The average Bonchev–Trinajstić information content (AvgIpc) is 3.68. The van der Waals surface area contributed by atoms with Gasteiger partial charge in [0, 0.05) is 26.1 Å². The number of nitrogens with zero attached hydrogens (tertiary/aromatic N) is 1. The van der Waals surface area contributed by atoms with Crippen LogP contribution >= 0.6 is 0 Å². The first-order valence-electron chi connectivity index (χ1n) is 18.7. The van der Waals surface area contributed by atoms with E-state index in [1.165, 1.54) is 0 Å². The molecule has 4 amide bonds. The Morgan fingerprint density at radius 2 is 1.50 bits per heavy atom. The fraction of sp³-hybridized carbons (Fsp3) is 0.564. The van der Waals surface area contributed by atoms with Crippen LogP contribution in [0.4, 0.5) is 0 Å². The van der Waals surface area contributed by atoms with E-state index in [1.54, 1.807) is 4.90 Å². The number of carbonyl (C=O) groups is 5. The Labute approximate surface area is 307 Å². The zero-order valence-electron chi connectivity index (χ0n) is 30.4. The van der Waals surface area contributed by atoms with Crippen LogP contribution in [0.25, 0.3) is 0 Å². The number of nitrogens with one attached hydrogen (secondary N) is 4. The van der Waals surface area contributed by atoms with E-state index in [0.717, 1.165) is 36.8 Å². The average molecular weight is 720 g/mol. The number of rotatable bonds is 19. The maximum Gasteiger partial charge on any atom is 0.323 e. The summed E-state index contributed by atoms with van der Waals surface area (Å²) in [5.41, 5.74) is 12.4. The molecular formula is C39H57N7O6. The molecule has 0 bridgehead atoms. The van der Waals surface area contributed by atoms with Crippen LogP contribution in [0.3, 0.4) is 0 Å². The minimum absolute atomic E-state index is 0.0170. The van der Waals surface area contributed by atoms with Crippen molar-refractivity contribution in [2.45, 2.75) is 101 Å². The zero-order chi connectivity index (χ0) is 37.5. The van der Waals surface area contributed by atoms with E-state index in [0.29, 0.717) is 32.4 Å². The third kappa shape index (κ3) is 11.9. The minimum atomic E-state index is -1.39. The monoisotopic (exact) mass is 719 g/mol. The smallest absolute Gasteiger partial charge is 0.323 e. The number of hydrogen-bond donors (Lipinski definition) is 7. The van der Waals surface area contributed by atoms with Gasteiger partial charge in [-0.15, -0.1) is 0 Å². The second-order valence-corrected chi connectivity index (χ2v) is 14.4. The van der Waals surface area contributed by atoms with E-state index in [9.17, 15) is 29.1 Å². The topological polar surface area (TPSA) is 209 Å². The van der Waals surface area contributed by atoms with Gasteiger partial charge in [-0.3, -0.25) is 24.0 Å². The van der Waals surface area contributed by atoms with Gasteiger partial charge in [-0.25, -0.2) is 0 Å². The maximum absolute atomic E-state index is 14.1. The van der Waals surface area contributed by atoms with Gasteiger partial charge in [0.1, 0.15) is 23.7 Å². The van der Waals surface area contributed by atoms with Crippen molar-refractivity contribution >= 4 is 29.6 Å². The Balaban J connectivity index is 1.45. The molecule has 1 heterocycles. The first-order valence-corrected chi connectivity index (χ1v) is 18.7. The summed E-state index contributed by atoms with van der Waals surface area (Å²) < 4.78 is 0. The van der Waals surface area contributed by atoms with Gasteiger partial charge < -0.3 is 42.7 Å². The molecule has 4 rings (SSSR count). The van der Waals surface area contributed by atoms with E-state index < -0.39 is 41.4 Å². The van der Waals surface area contributed by atoms with Crippen LogP contribution in [0.15, 0.2) is 60.7 Å². The number of benzene rings is 2. The molecule has 0 radical (unpaired) electrons. The Morgan fingerprint density at radius 3 is 2.12 bits per heavy atom. The van der Waals surface area contributed by atoms with E-state index in [1.807, 2.05) is 60.7 Å². The molecule has 1 aliphatic heterocycles. The number of likely N-dealkylation sites (tertiary alicyclic amines) is 1. The lowest BCUT2D eigenvalue weighted by molar-refractivity contribution is -0.148. The number of amides is 4. The quantitative estimate of drug-likeness (QED) is 0.106. The van der Waals surface area contributed by atoms with Crippen molar-refractivity contribution in [3.05, 3.63) is 71.8 Å². The van der Waals surface area contributed by atoms with E-state index >= 15 is 0 Å². The highest BCUT2D eigenvalue weighted by Gasteiger charge is 2.41. The van der Waals surface area contributed by atoms with E-state index in [4.69, 9.17) is 11.5 Å². The molecule has 4 atom stereocenters. The fourth-order valence-electron chi connectivity index (χ4n) is 7.12. The second kappa shape index (κ2) is 20.1. The van der Waals surface area contributed by atoms with Crippen LogP contribution in [0.2, 0.25) is 0 Å². The molecule has 2 aliphatic rings. The molecule has 9 N–H and O–H groups in total. The van der Waals surface area contributed by atoms with Gasteiger partial charge in [0.15, 0.2) is 0 Å². The van der Waals surface area contributed by atoms with Crippen molar-refractivity contribution in [1.29, 1.82) is 0 Å². The van der Waals surface area contributed by atoms with Crippen molar-refractivity contribution in [2.75, 3.05) is 32.7 Å². The van der Waals surface area contributed by atoms with E-state index in [-0.39, 0.29) is 62.5 Å². The highest BCUT2D eigenvalue weighted by Crippen LogP contribution is 2.28. The molecule has 52 heavy (non-hydrogen) atoms. The molecule has 1 aliphatic carbocycles. The van der Waals surface area contributed by atoms with Gasteiger partial charge in [-0.2, -0.15) is 0 Å². The number of carbonyl (C=O) groups excluding carboxylic acids is 4. The minimum Gasteiger partial charge on any atom is -0.480 e. The number of piperidine rings is 1.